The molecule has 0 saturated heterocycles. The first kappa shape index (κ1) is 24.3. The van der Waals surface area contributed by atoms with Crippen LogP contribution in [0.3, 0.4) is 0 Å². The van der Waals surface area contributed by atoms with Crippen LogP contribution in [0.4, 0.5) is 8.78 Å². The number of rotatable bonds is 6. The molecule has 0 aliphatic rings. The molecular formula is C19H24F2IN3O2S. The molecule has 2 N–H and O–H groups in total. The minimum Gasteiger partial charge on any atom is -0.356 e. The zero-order chi connectivity index (χ0) is 20.0. The molecule has 0 radical (unpaired) electrons. The second-order valence-corrected chi connectivity index (χ2v) is 8.19. The number of aliphatic imine (C=N–C) groups is 1. The largest absolute Gasteiger partial charge is 0.356 e. The summed E-state index contributed by atoms with van der Waals surface area (Å²) in [6, 6.07) is 8.67. The number of nitrogens with zero attached hydrogens (tertiary/aromatic N) is 1. The normalized spacial score (nSPS) is 11.7. The molecule has 0 amide bonds. The Morgan fingerprint density at radius 3 is 2.39 bits per heavy atom. The molecule has 2 aromatic carbocycles. The van der Waals surface area contributed by atoms with Crippen molar-refractivity contribution in [1.29, 1.82) is 0 Å². The quantitative estimate of drug-likeness (QED) is 0.347. The smallest absolute Gasteiger partial charge is 0.191 e. The van der Waals surface area contributed by atoms with Crippen LogP contribution >= 0.6 is 24.0 Å². The highest BCUT2D eigenvalue weighted by atomic mass is 127. The van der Waals surface area contributed by atoms with Crippen LogP contribution in [0.1, 0.15) is 16.7 Å². The molecule has 0 aliphatic carbocycles. The highest BCUT2D eigenvalue weighted by Gasteiger charge is 2.11. The third kappa shape index (κ3) is 7.01. The highest BCUT2D eigenvalue weighted by Crippen LogP contribution is 2.16. The van der Waals surface area contributed by atoms with Crippen LogP contribution in [0, 0.1) is 18.6 Å². The predicted molar refractivity (Wildman–Crippen MR) is 118 cm³/mol. The summed E-state index contributed by atoms with van der Waals surface area (Å²) in [5.41, 5.74) is 2.02. The first-order valence-electron chi connectivity index (χ1n) is 8.38. The zero-order valence-corrected chi connectivity index (χ0v) is 19.1. The third-order valence-electron chi connectivity index (χ3n) is 4.02. The Kier molecular flexibility index (Phi) is 9.28. The summed E-state index contributed by atoms with van der Waals surface area (Å²) in [7, 11) is -1.62. The number of halogens is 3. The van der Waals surface area contributed by atoms with Gasteiger partial charge in [0.1, 0.15) is 11.6 Å². The molecule has 154 valence electrons. The molecule has 0 fully saturated rings. The van der Waals surface area contributed by atoms with E-state index < -0.39 is 21.5 Å². The second kappa shape index (κ2) is 10.7. The summed E-state index contributed by atoms with van der Waals surface area (Å²) in [5.74, 6) is -0.637. The Morgan fingerprint density at radius 2 is 1.82 bits per heavy atom. The molecule has 9 heteroatoms. The molecule has 0 unspecified atom stereocenters. The molecule has 5 nitrogen and oxygen atoms in total. The van der Waals surface area contributed by atoms with Crippen molar-refractivity contribution in [3.63, 3.8) is 0 Å². The van der Waals surface area contributed by atoms with E-state index in [9.17, 15) is 17.2 Å². The molecule has 0 aliphatic heterocycles. The Hall–Kier alpha value is -1.75. The van der Waals surface area contributed by atoms with Crippen molar-refractivity contribution in [2.75, 3.05) is 19.8 Å². The Bertz CT molecular complexity index is 950. The maximum atomic E-state index is 13.6. The van der Waals surface area contributed by atoms with Crippen molar-refractivity contribution in [2.45, 2.75) is 24.8 Å². The van der Waals surface area contributed by atoms with Gasteiger partial charge < -0.3 is 10.6 Å². The Labute approximate surface area is 181 Å². The number of hydrogen-bond acceptors (Lipinski definition) is 3. The summed E-state index contributed by atoms with van der Waals surface area (Å²) in [6.45, 7) is 2.63. The van der Waals surface area contributed by atoms with E-state index in [1.165, 1.54) is 18.4 Å². The van der Waals surface area contributed by atoms with Crippen LogP contribution < -0.4 is 10.6 Å². The van der Waals surface area contributed by atoms with E-state index in [2.05, 4.69) is 15.6 Å². The van der Waals surface area contributed by atoms with E-state index >= 15 is 0 Å². The van der Waals surface area contributed by atoms with Gasteiger partial charge in [0.25, 0.3) is 0 Å². The Balaban J connectivity index is 0.00000392. The van der Waals surface area contributed by atoms with Gasteiger partial charge in [-0.05, 0) is 42.2 Å². The number of hydrogen-bond donors (Lipinski definition) is 2. The van der Waals surface area contributed by atoms with Gasteiger partial charge in [0.2, 0.25) is 0 Å². The van der Waals surface area contributed by atoms with Gasteiger partial charge in [-0.1, -0.05) is 18.2 Å². The van der Waals surface area contributed by atoms with Gasteiger partial charge in [0, 0.05) is 32.5 Å². The van der Waals surface area contributed by atoms with Crippen LogP contribution in [-0.2, 0) is 22.8 Å². The fourth-order valence-electron chi connectivity index (χ4n) is 2.68. The lowest BCUT2D eigenvalue weighted by Crippen LogP contribution is -2.37. The average Bonchev–Trinajstić information content (AvgIpc) is 2.58. The maximum Gasteiger partial charge on any atom is 0.191 e. The SMILES string of the molecule is CN=C(NCCc1ccc(F)cc1F)NCc1ccc(S(C)(=O)=O)c(C)c1.I. The summed E-state index contributed by atoms with van der Waals surface area (Å²) < 4.78 is 49.9. The first-order chi connectivity index (χ1) is 12.7. The molecule has 0 heterocycles. The summed E-state index contributed by atoms with van der Waals surface area (Å²) in [4.78, 5) is 4.41. The Morgan fingerprint density at radius 1 is 1.11 bits per heavy atom. The zero-order valence-electron chi connectivity index (χ0n) is 15.9. The number of nitrogens with one attached hydrogen (secondary N) is 2. The average molecular weight is 523 g/mol. The van der Waals surface area contributed by atoms with Crippen LogP contribution in [0.2, 0.25) is 0 Å². The van der Waals surface area contributed by atoms with E-state index in [1.54, 1.807) is 26.1 Å². The van der Waals surface area contributed by atoms with Crippen LogP contribution in [0.15, 0.2) is 46.3 Å². The van der Waals surface area contributed by atoms with Crippen LogP contribution in [0.5, 0.6) is 0 Å². The van der Waals surface area contributed by atoms with Crippen molar-refractivity contribution in [2.24, 2.45) is 4.99 Å². The van der Waals surface area contributed by atoms with Gasteiger partial charge in [-0.2, -0.15) is 0 Å². The first-order valence-corrected chi connectivity index (χ1v) is 10.3. The van der Waals surface area contributed by atoms with Crippen LogP contribution in [-0.4, -0.2) is 34.2 Å². The summed E-state index contributed by atoms with van der Waals surface area (Å²) in [5, 5.41) is 6.18. The molecule has 0 saturated carbocycles. The lowest BCUT2D eigenvalue weighted by molar-refractivity contribution is 0.570. The van der Waals surface area contributed by atoms with Crippen molar-refractivity contribution >= 4 is 39.8 Å². The van der Waals surface area contributed by atoms with Gasteiger partial charge in [0.15, 0.2) is 15.8 Å². The molecule has 0 atom stereocenters. The molecule has 2 rings (SSSR count). The summed E-state index contributed by atoms with van der Waals surface area (Å²) >= 11 is 0. The van der Waals surface area contributed by atoms with E-state index in [1.807, 2.05) is 6.07 Å². The molecule has 2 aromatic rings. The van der Waals surface area contributed by atoms with Gasteiger partial charge in [-0.3, -0.25) is 4.99 Å². The van der Waals surface area contributed by atoms with Gasteiger partial charge in [0.05, 0.1) is 4.90 Å². The van der Waals surface area contributed by atoms with Crippen molar-refractivity contribution < 1.29 is 17.2 Å². The standard InChI is InChI=1S/C19H23F2N3O2S.HI/c1-13-10-14(4-7-18(13)27(3,25)26)12-24-19(22-2)23-9-8-15-5-6-16(20)11-17(15)21;/h4-7,10-11H,8-9,12H2,1-3H3,(H2,22,23,24);1H. The number of aryl methyl sites for hydroxylation is 1. The molecule has 0 bridgehead atoms. The predicted octanol–water partition coefficient (Wildman–Crippen LogP) is 3.20. The second-order valence-electron chi connectivity index (χ2n) is 6.21. The molecule has 0 aromatic heterocycles. The van der Waals surface area contributed by atoms with Gasteiger partial charge in [-0.25, -0.2) is 17.2 Å². The molecule has 0 spiro atoms. The maximum absolute atomic E-state index is 13.6. The lowest BCUT2D eigenvalue weighted by atomic mass is 10.1. The van der Waals surface area contributed by atoms with E-state index in [-0.39, 0.29) is 24.0 Å². The van der Waals surface area contributed by atoms with Gasteiger partial charge >= 0.3 is 0 Å². The third-order valence-corrected chi connectivity index (χ3v) is 5.28. The van der Waals surface area contributed by atoms with Crippen molar-refractivity contribution in [3.05, 3.63) is 64.7 Å². The van der Waals surface area contributed by atoms with E-state index in [4.69, 9.17) is 0 Å². The van der Waals surface area contributed by atoms with Gasteiger partial charge in [-0.15, -0.1) is 24.0 Å². The van der Waals surface area contributed by atoms with Crippen molar-refractivity contribution in [3.8, 4) is 0 Å². The topological polar surface area (TPSA) is 70.6 Å². The lowest BCUT2D eigenvalue weighted by Gasteiger charge is -2.13. The number of sulfone groups is 1. The fraction of sp³-hybridized carbons (Fsp3) is 0.316. The molecular weight excluding hydrogens is 499 g/mol. The monoisotopic (exact) mass is 523 g/mol. The number of benzene rings is 2. The molecule has 28 heavy (non-hydrogen) atoms. The minimum absolute atomic E-state index is 0. The fourth-order valence-corrected chi connectivity index (χ4v) is 3.64. The van der Waals surface area contributed by atoms with E-state index in [0.717, 1.165) is 11.6 Å². The van der Waals surface area contributed by atoms with E-state index in [0.29, 0.717) is 41.5 Å². The number of guanidine groups is 1. The van der Waals surface area contributed by atoms with Crippen molar-refractivity contribution in [1.82, 2.24) is 10.6 Å². The van der Waals surface area contributed by atoms with Crippen LogP contribution in [0.25, 0.3) is 0 Å². The summed E-state index contributed by atoms with van der Waals surface area (Å²) in [6.07, 6.45) is 1.57. The minimum atomic E-state index is -3.24. The highest BCUT2D eigenvalue weighted by molar-refractivity contribution is 14.0.